The minimum atomic E-state index is -0.528. The van der Waals surface area contributed by atoms with Gasteiger partial charge < -0.3 is 4.74 Å². The molecule has 0 saturated carbocycles. The van der Waals surface area contributed by atoms with Crippen molar-refractivity contribution in [3.63, 3.8) is 0 Å². The van der Waals surface area contributed by atoms with Gasteiger partial charge in [0, 0.05) is 17.3 Å². The lowest BCUT2D eigenvalue weighted by Gasteiger charge is -2.07. The number of pyridine rings is 1. The van der Waals surface area contributed by atoms with Crippen LogP contribution in [0.2, 0.25) is 0 Å². The largest absolute Gasteiger partial charge is 0.496 e. The lowest BCUT2D eigenvalue weighted by atomic mass is 10.0. The molecule has 0 spiro atoms. The minimum absolute atomic E-state index is 0.223. The van der Waals surface area contributed by atoms with Crippen molar-refractivity contribution >= 4 is 5.78 Å². The Hall–Kier alpha value is -2.23. The van der Waals surface area contributed by atoms with Crippen molar-refractivity contribution < 1.29 is 13.9 Å². The van der Waals surface area contributed by atoms with E-state index in [-0.39, 0.29) is 11.3 Å². The quantitative estimate of drug-likeness (QED) is 0.780. The van der Waals surface area contributed by atoms with Crippen LogP contribution in [-0.4, -0.2) is 17.9 Å². The van der Waals surface area contributed by atoms with Gasteiger partial charge in [-0.1, -0.05) is 12.1 Å². The van der Waals surface area contributed by atoms with Crippen molar-refractivity contribution in [1.29, 1.82) is 0 Å². The number of ether oxygens (including phenoxy) is 1. The number of hydrogen-bond donors (Lipinski definition) is 0. The van der Waals surface area contributed by atoms with Crippen molar-refractivity contribution in [3.05, 3.63) is 59.2 Å². The highest BCUT2D eigenvalue weighted by molar-refractivity contribution is 6.09. The molecular formula is C14H12FNO2. The SMILES string of the molecule is COc1cc(C(=O)c2cncc(F)c2)ccc1C. The number of halogens is 1. The van der Waals surface area contributed by atoms with Crippen LogP contribution in [-0.2, 0) is 0 Å². The number of ketones is 1. The monoisotopic (exact) mass is 245 g/mol. The predicted molar refractivity (Wildman–Crippen MR) is 65.4 cm³/mol. The fourth-order valence-corrected chi connectivity index (χ4v) is 1.66. The average molecular weight is 245 g/mol. The van der Waals surface area contributed by atoms with Crippen molar-refractivity contribution in [2.24, 2.45) is 0 Å². The summed E-state index contributed by atoms with van der Waals surface area (Å²) in [4.78, 5) is 15.8. The molecule has 1 aromatic carbocycles. The van der Waals surface area contributed by atoms with Gasteiger partial charge in [0.2, 0.25) is 0 Å². The van der Waals surface area contributed by atoms with Crippen LogP contribution >= 0.6 is 0 Å². The summed E-state index contributed by atoms with van der Waals surface area (Å²) in [6.07, 6.45) is 2.41. The first-order valence-electron chi connectivity index (χ1n) is 5.41. The Bertz CT molecular complexity index is 596. The molecule has 0 bridgehead atoms. The van der Waals surface area contributed by atoms with E-state index < -0.39 is 5.82 Å². The number of methoxy groups -OCH3 is 1. The van der Waals surface area contributed by atoms with Gasteiger partial charge in [0.15, 0.2) is 5.78 Å². The average Bonchev–Trinajstić information content (AvgIpc) is 2.38. The van der Waals surface area contributed by atoms with Crippen molar-refractivity contribution in [3.8, 4) is 5.75 Å². The molecule has 0 aliphatic carbocycles. The highest BCUT2D eigenvalue weighted by Crippen LogP contribution is 2.21. The zero-order valence-corrected chi connectivity index (χ0v) is 10.1. The third-order valence-corrected chi connectivity index (χ3v) is 2.64. The molecule has 92 valence electrons. The molecule has 2 aromatic rings. The Labute approximate surface area is 104 Å². The van der Waals surface area contributed by atoms with Gasteiger partial charge in [-0.2, -0.15) is 0 Å². The van der Waals surface area contributed by atoms with Crippen LogP contribution in [0.3, 0.4) is 0 Å². The van der Waals surface area contributed by atoms with Gasteiger partial charge in [0.1, 0.15) is 11.6 Å². The van der Waals surface area contributed by atoms with E-state index in [1.165, 1.54) is 12.3 Å². The van der Waals surface area contributed by atoms with E-state index in [1.54, 1.807) is 25.3 Å². The molecule has 0 radical (unpaired) electrons. The Morgan fingerprint density at radius 2 is 2.00 bits per heavy atom. The maximum Gasteiger partial charge on any atom is 0.194 e. The number of aryl methyl sites for hydroxylation is 1. The van der Waals surface area contributed by atoms with Crippen LogP contribution in [0.15, 0.2) is 36.7 Å². The molecule has 0 saturated heterocycles. The maximum atomic E-state index is 13.0. The van der Waals surface area contributed by atoms with Crippen LogP contribution < -0.4 is 4.74 Å². The van der Waals surface area contributed by atoms with Gasteiger partial charge in [-0.3, -0.25) is 9.78 Å². The highest BCUT2D eigenvalue weighted by Gasteiger charge is 2.12. The van der Waals surface area contributed by atoms with E-state index >= 15 is 0 Å². The Morgan fingerprint density at radius 1 is 1.22 bits per heavy atom. The van der Waals surface area contributed by atoms with E-state index in [0.29, 0.717) is 11.3 Å². The van der Waals surface area contributed by atoms with Gasteiger partial charge in [-0.15, -0.1) is 0 Å². The molecule has 0 N–H and O–H groups in total. The van der Waals surface area contributed by atoms with Crippen molar-refractivity contribution in [2.75, 3.05) is 7.11 Å². The zero-order valence-electron chi connectivity index (χ0n) is 10.1. The number of carbonyl (C=O) groups is 1. The molecule has 1 aromatic heterocycles. The normalized spacial score (nSPS) is 10.2. The van der Waals surface area contributed by atoms with Crippen molar-refractivity contribution in [1.82, 2.24) is 4.98 Å². The fourth-order valence-electron chi connectivity index (χ4n) is 1.66. The number of aromatic nitrogens is 1. The summed E-state index contributed by atoms with van der Waals surface area (Å²) in [7, 11) is 1.54. The van der Waals surface area contributed by atoms with E-state index in [9.17, 15) is 9.18 Å². The minimum Gasteiger partial charge on any atom is -0.496 e. The van der Waals surface area contributed by atoms with E-state index in [0.717, 1.165) is 11.8 Å². The number of carbonyl (C=O) groups excluding carboxylic acids is 1. The fraction of sp³-hybridized carbons (Fsp3) is 0.143. The highest BCUT2D eigenvalue weighted by atomic mass is 19.1. The summed E-state index contributed by atoms with van der Waals surface area (Å²) in [6, 6.07) is 6.29. The number of benzene rings is 1. The van der Waals surface area contributed by atoms with Crippen molar-refractivity contribution in [2.45, 2.75) is 6.92 Å². The smallest absolute Gasteiger partial charge is 0.194 e. The second kappa shape index (κ2) is 4.96. The summed E-state index contributed by atoms with van der Waals surface area (Å²) >= 11 is 0. The number of nitrogens with zero attached hydrogens (tertiary/aromatic N) is 1. The van der Waals surface area contributed by atoms with Crippen LogP contribution in [0, 0.1) is 12.7 Å². The number of hydrogen-bond acceptors (Lipinski definition) is 3. The molecule has 0 amide bonds. The second-order valence-corrected chi connectivity index (χ2v) is 3.91. The third-order valence-electron chi connectivity index (χ3n) is 2.64. The summed E-state index contributed by atoms with van der Waals surface area (Å²) in [6.45, 7) is 1.89. The molecule has 1 heterocycles. The first-order chi connectivity index (χ1) is 8.61. The summed E-state index contributed by atoms with van der Waals surface area (Å²) in [5.74, 6) is -0.176. The standard InChI is InChI=1S/C14H12FNO2/c1-9-3-4-10(6-13(9)18-2)14(17)11-5-12(15)8-16-7-11/h3-8H,1-2H3. The number of rotatable bonds is 3. The first kappa shape index (κ1) is 12.2. The lowest BCUT2D eigenvalue weighted by molar-refractivity contribution is 0.103. The Kier molecular flexibility index (Phi) is 3.37. The van der Waals surface area contributed by atoms with Crippen LogP contribution in [0.1, 0.15) is 21.5 Å². The molecule has 2 rings (SSSR count). The van der Waals surface area contributed by atoms with Crippen LogP contribution in [0.5, 0.6) is 5.75 Å². The molecule has 0 aliphatic heterocycles. The summed E-state index contributed by atoms with van der Waals surface area (Å²) < 4.78 is 18.2. The molecule has 3 nitrogen and oxygen atoms in total. The third kappa shape index (κ3) is 2.37. The second-order valence-electron chi connectivity index (χ2n) is 3.91. The summed E-state index contributed by atoms with van der Waals surface area (Å²) in [5.41, 5.74) is 1.61. The molecule has 18 heavy (non-hydrogen) atoms. The predicted octanol–water partition coefficient (Wildman–Crippen LogP) is 2.77. The van der Waals surface area contributed by atoms with Crippen LogP contribution in [0.25, 0.3) is 0 Å². The topological polar surface area (TPSA) is 39.2 Å². The molecule has 0 aliphatic rings. The Balaban J connectivity index is 2.40. The van der Waals surface area contributed by atoms with Gasteiger partial charge in [-0.05, 0) is 24.6 Å². The summed E-state index contributed by atoms with van der Waals surface area (Å²) in [5, 5.41) is 0. The van der Waals surface area contributed by atoms with Gasteiger partial charge in [0.25, 0.3) is 0 Å². The maximum absolute atomic E-state index is 13.0. The molecule has 4 heteroatoms. The van der Waals surface area contributed by atoms with Gasteiger partial charge in [-0.25, -0.2) is 4.39 Å². The lowest BCUT2D eigenvalue weighted by Crippen LogP contribution is -2.03. The zero-order chi connectivity index (χ0) is 13.1. The first-order valence-corrected chi connectivity index (χ1v) is 5.41. The van der Waals surface area contributed by atoms with E-state index in [2.05, 4.69) is 4.98 Å². The van der Waals surface area contributed by atoms with Gasteiger partial charge in [0.05, 0.1) is 13.3 Å². The van der Waals surface area contributed by atoms with Crippen LogP contribution in [0.4, 0.5) is 4.39 Å². The molecule has 0 fully saturated rings. The molecule has 0 atom stereocenters. The molecular weight excluding hydrogens is 233 g/mol. The van der Waals surface area contributed by atoms with E-state index in [1.807, 2.05) is 6.92 Å². The van der Waals surface area contributed by atoms with Gasteiger partial charge >= 0.3 is 0 Å². The van der Waals surface area contributed by atoms with E-state index in [4.69, 9.17) is 4.74 Å². The Morgan fingerprint density at radius 3 is 2.67 bits per heavy atom. The molecule has 0 unspecified atom stereocenters.